The van der Waals surface area contributed by atoms with Crippen molar-refractivity contribution in [3.8, 4) is 11.8 Å². The fourth-order valence-electron chi connectivity index (χ4n) is 2.70. The molecule has 1 unspecified atom stereocenters. The molecule has 0 bridgehead atoms. The molecule has 1 heterocycles. The van der Waals surface area contributed by atoms with E-state index in [0.717, 1.165) is 36.0 Å². The fourth-order valence-corrected chi connectivity index (χ4v) is 2.70. The van der Waals surface area contributed by atoms with Crippen LogP contribution in [0.4, 0.5) is 0 Å². The van der Waals surface area contributed by atoms with Crippen LogP contribution in [0.3, 0.4) is 0 Å². The number of nitrogens with zero attached hydrogens (tertiary/aromatic N) is 2. The second-order valence-electron chi connectivity index (χ2n) is 5.53. The summed E-state index contributed by atoms with van der Waals surface area (Å²) in [4.78, 5) is 4.33. The van der Waals surface area contributed by atoms with Crippen LogP contribution in [0.2, 0.25) is 0 Å². The number of hydrogen-bond acceptors (Lipinski definition) is 4. The smallest absolute Gasteiger partial charge is 0.143 e. The first-order valence-electron chi connectivity index (χ1n) is 7.41. The Hall–Kier alpha value is -2.12. The maximum atomic E-state index is 9.56. The summed E-state index contributed by atoms with van der Waals surface area (Å²) >= 11 is 0. The SMILES string of the molecule is CCNC(C#N)(COc1ccc2cccnc2c1)C1CC1. The van der Waals surface area contributed by atoms with Crippen LogP contribution in [0.15, 0.2) is 36.5 Å². The number of hydrogen-bond donors (Lipinski definition) is 1. The number of ether oxygens (including phenoxy) is 1. The topological polar surface area (TPSA) is 57.9 Å². The monoisotopic (exact) mass is 281 g/mol. The van der Waals surface area contributed by atoms with Crippen molar-refractivity contribution in [2.24, 2.45) is 5.92 Å². The quantitative estimate of drug-likeness (QED) is 0.884. The lowest BCUT2D eigenvalue weighted by molar-refractivity contribution is 0.204. The molecule has 108 valence electrons. The average Bonchev–Trinajstić information content (AvgIpc) is 3.36. The lowest BCUT2D eigenvalue weighted by Gasteiger charge is -2.27. The molecule has 1 aromatic heterocycles. The Balaban J connectivity index is 1.76. The van der Waals surface area contributed by atoms with Crippen molar-refractivity contribution < 1.29 is 4.74 Å². The minimum absolute atomic E-state index is 0.375. The van der Waals surface area contributed by atoms with Crippen molar-refractivity contribution in [1.82, 2.24) is 10.3 Å². The van der Waals surface area contributed by atoms with Crippen LogP contribution in [0.25, 0.3) is 10.9 Å². The highest BCUT2D eigenvalue weighted by atomic mass is 16.5. The lowest BCUT2D eigenvalue weighted by atomic mass is 9.96. The van der Waals surface area contributed by atoms with Gasteiger partial charge < -0.3 is 4.74 Å². The van der Waals surface area contributed by atoms with Gasteiger partial charge in [-0.15, -0.1) is 0 Å². The largest absolute Gasteiger partial charge is 0.490 e. The second kappa shape index (κ2) is 5.71. The summed E-state index contributed by atoms with van der Waals surface area (Å²) in [5.41, 5.74) is 0.348. The van der Waals surface area contributed by atoms with Gasteiger partial charge in [-0.3, -0.25) is 10.3 Å². The number of rotatable bonds is 6. The number of nitrogens with one attached hydrogen (secondary N) is 1. The van der Waals surface area contributed by atoms with E-state index in [1.165, 1.54) is 0 Å². The average molecular weight is 281 g/mol. The van der Waals surface area contributed by atoms with E-state index < -0.39 is 5.54 Å². The molecular formula is C17H19N3O. The van der Waals surface area contributed by atoms with Gasteiger partial charge in [0.25, 0.3) is 0 Å². The molecule has 1 aliphatic rings. The highest BCUT2D eigenvalue weighted by molar-refractivity contribution is 5.79. The summed E-state index contributed by atoms with van der Waals surface area (Å²) < 4.78 is 5.90. The molecule has 1 atom stereocenters. The van der Waals surface area contributed by atoms with Gasteiger partial charge in [-0.1, -0.05) is 13.0 Å². The third-order valence-electron chi connectivity index (χ3n) is 4.01. The van der Waals surface area contributed by atoms with Gasteiger partial charge in [0.05, 0.1) is 11.6 Å². The Morgan fingerprint density at radius 3 is 3.00 bits per heavy atom. The molecule has 0 saturated heterocycles. The van der Waals surface area contributed by atoms with Crippen molar-refractivity contribution in [3.05, 3.63) is 36.5 Å². The van der Waals surface area contributed by atoms with Crippen molar-refractivity contribution in [1.29, 1.82) is 5.26 Å². The summed E-state index contributed by atoms with van der Waals surface area (Å²) in [5.74, 6) is 1.17. The molecule has 1 saturated carbocycles. The molecule has 1 N–H and O–H groups in total. The molecule has 2 aromatic rings. The number of benzene rings is 1. The highest BCUT2D eigenvalue weighted by Gasteiger charge is 2.46. The summed E-state index contributed by atoms with van der Waals surface area (Å²) in [6.45, 7) is 3.17. The first-order valence-corrected chi connectivity index (χ1v) is 7.41. The van der Waals surface area contributed by atoms with Crippen molar-refractivity contribution in [2.45, 2.75) is 25.3 Å². The van der Waals surface area contributed by atoms with Crippen LogP contribution in [0, 0.1) is 17.2 Å². The fraction of sp³-hybridized carbons (Fsp3) is 0.412. The van der Waals surface area contributed by atoms with Crippen LogP contribution in [-0.4, -0.2) is 23.7 Å². The van der Waals surface area contributed by atoms with Crippen LogP contribution >= 0.6 is 0 Å². The molecule has 4 nitrogen and oxygen atoms in total. The van der Waals surface area contributed by atoms with Crippen molar-refractivity contribution in [3.63, 3.8) is 0 Å². The summed E-state index contributed by atoms with van der Waals surface area (Å²) in [6.07, 6.45) is 3.97. The molecule has 0 amide bonds. The zero-order valence-electron chi connectivity index (χ0n) is 12.2. The standard InChI is InChI=1S/C17H19N3O/c1-2-20-17(11-18,14-6-7-14)12-21-15-8-5-13-4-3-9-19-16(13)10-15/h3-5,8-10,14,20H,2,6-7,12H2,1H3. The highest BCUT2D eigenvalue weighted by Crippen LogP contribution is 2.39. The first kappa shape index (κ1) is 13.8. The Bertz CT molecular complexity index is 675. The second-order valence-corrected chi connectivity index (χ2v) is 5.53. The van der Waals surface area contributed by atoms with E-state index in [4.69, 9.17) is 4.74 Å². The molecule has 21 heavy (non-hydrogen) atoms. The number of likely N-dealkylation sites (N-methyl/N-ethyl adjacent to an activating group) is 1. The third-order valence-corrected chi connectivity index (χ3v) is 4.01. The van der Waals surface area contributed by atoms with Crippen molar-refractivity contribution in [2.75, 3.05) is 13.2 Å². The molecule has 3 rings (SSSR count). The summed E-state index contributed by atoms with van der Waals surface area (Å²) in [6, 6.07) is 12.2. The molecule has 0 radical (unpaired) electrons. The number of fused-ring (bicyclic) bond motifs is 1. The summed E-state index contributed by atoms with van der Waals surface area (Å²) in [5, 5.41) is 14.0. The zero-order chi connectivity index (χ0) is 14.7. The normalized spacial score (nSPS) is 17.1. The van der Waals surface area contributed by atoms with Crippen LogP contribution < -0.4 is 10.1 Å². The molecule has 0 spiro atoms. The van der Waals surface area contributed by atoms with Gasteiger partial charge in [0, 0.05) is 17.6 Å². The lowest BCUT2D eigenvalue weighted by Crippen LogP contribution is -2.50. The van der Waals surface area contributed by atoms with E-state index in [1.807, 2.05) is 37.3 Å². The van der Waals surface area contributed by atoms with E-state index in [-0.39, 0.29) is 0 Å². The van der Waals surface area contributed by atoms with Crippen LogP contribution in [0.1, 0.15) is 19.8 Å². The Kier molecular flexibility index (Phi) is 3.76. The van der Waals surface area contributed by atoms with E-state index >= 15 is 0 Å². The van der Waals surface area contributed by atoms with Gasteiger partial charge in [-0.25, -0.2) is 0 Å². The molecular weight excluding hydrogens is 262 g/mol. The molecule has 1 aromatic carbocycles. The predicted molar refractivity (Wildman–Crippen MR) is 82.0 cm³/mol. The van der Waals surface area contributed by atoms with Crippen LogP contribution in [0.5, 0.6) is 5.75 Å². The minimum atomic E-state index is -0.562. The van der Waals surface area contributed by atoms with Gasteiger partial charge in [0.1, 0.15) is 17.9 Å². The van der Waals surface area contributed by atoms with Gasteiger partial charge in [0.2, 0.25) is 0 Å². The van der Waals surface area contributed by atoms with Crippen molar-refractivity contribution >= 4 is 10.9 Å². The maximum Gasteiger partial charge on any atom is 0.143 e. The van der Waals surface area contributed by atoms with E-state index in [0.29, 0.717) is 12.5 Å². The predicted octanol–water partition coefficient (Wildman–Crippen LogP) is 2.90. The third kappa shape index (κ3) is 2.84. The molecule has 1 aliphatic carbocycles. The van der Waals surface area contributed by atoms with E-state index in [1.54, 1.807) is 6.20 Å². The zero-order valence-corrected chi connectivity index (χ0v) is 12.2. The molecule has 1 fully saturated rings. The Morgan fingerprint density at radius 1 is 1.43 bits per heavy atom. The molecule has 4 heteroatoms. The van der Waals surface area contributed by atoms with E-state index in [2.05, 4.69) is 16.4 Å². The van der Waals surface area contributed by atoms with Gasteiger partial charge in [0.15, 0.2) is 0 Å². The summed E-state index contributed by atoms with van der Waals surface area (Å²) in [7, 11) is 0. The minimum Gasteiger partial charge on any atom is -0.490 e. The first-order chi connectivity index (χ1) is 10.3. The Labute approximate surface area is 124 Å². The Morgan fingerprint density at radius 2 is 2.29 bits per heavy atom. The van der Waals surface area contributed by atoms with Gasteiger partial charge in [-0.2, -0.15) is 5.26 Å². The van der Waals surface area contributed by atoms with E-state index in [9.17, 15) is 5.26 Å². The van der Waals surface area contributed by atoms with Gasteiger partial charge in [-0.05, 0) is 43.5 Å². The van der Waals surface area contributed by atoms with Crippen LogP contribution in [-0.2, 0) is 0 Å². The van der Waals surface area contributed by atoms with Gasteiger partial charge >= 0.3 is 0 Å². The maximum absolute atomic E-state index is 9.56. The molecule has 0 aliphatic heterocycles. The number of aromatic nitrogens is 1. The number of nitriles is 1. The number of pyridine rings is 1.